The van der Waals surface area contributed by atoms with Gasteiger partial charge in [-0.3, -0.25) is 4.79 Å². The number of hydrogen-bond acceptors (Lipinski definition) is 7. The molecule has 0 aliphatic heterocycles. The third-order valence-electron chi connectivity index (χ3n) is 5.59. The van der Waals surface area contributed by atoms with Crippen LogP contribution in [0, 0.1) is 0 Å². The number of benzene rings is 4. The van der Waals surface area contributed by atoms with Crippen molar-refractivity contribution in [2.45, 2.75) is 20.0 Å². The highest BCUT2D eigenvalue weighted by Gasteiger charge is 2.15. The van der Waals surface area contributed by atoms with Crippen molar-refractivity contribution in [1.82, 2.24) is 5.43 Å². The van der Waals surface area contributed by atoms with Crippen molar-refractivity contribution in [3.63, 3.8) is 0 Å². The number of rotatable bonds is 10. The highest BCUT2D eigenvalue weighted by atomic mass is 16.6. The lowest BCUT2D eigenvalue weighted by molar-refractivity contribution is -0.127. The molecule has 0 heterocycles. The van der Waals surface area contributed by atoms with E-state index in [4.69, 9.17) is 18.9 Å². The van der Waals surface area contributed by atoms with Gasteiger partial charge < -0.3 is 18.9 Å². The van der Waals surface area contributed by atoms with Gasteiger partial charge in [-0.25, -0.2) is 10.2 Å². The molecule has 0 saturated heterocycles. The number of hydrazone groups is 1. The molecule has 0 fully saturated rings. The molecule has 0 bridgehead atoms. The number of hydrogen-bond donors (Lipinski definition) is 1. The summed E-state index contributed by atoms with van der Waals surface area (Å²) in [6.07, 6.45) is 0.713. The third-order valence-corrected chi connectivity index (χ3v) is 5.59. The average Bonchev–Trinajstić information content (AvgIpc) is 2.94. The lowest BCUT2D eigenvalue weighted by atomic mass is 10.1. The van der Waals surface area contributed by atoms with E-state index in [0.29, 0.717) is 35.0 Å². The van der Waals surface area contributed by atoms with Crippen LogP contribution < -0.4 is 24.4 Å². The van der Waals surface area contributed by atoms with Crippen molar-refractivity contribution in [3.05, 3.63) is 96.1 Å². The molecule has 0 spiro atoms. The van der Waals surface area contributed by atoms with Crippen LogP contribution in [0.3, 0.4) is 0 Å². The second-order valence-electron chi connectivity index (χ2n) is 8.26. The molecule has 0 radical (unpaired) electrons. The second-order valence-corrected chi connectivity index (χ2v) is 8.26. The molecular formula is C30H28N2O6. The van der Waals surface area contributed by atoms with Gasteiger partial charge in [0.25, 0.3) is 5.91 Å². The Morgan fingerprint density at radius 3 is 2.37 bits per heavy atom. The highest BCUT2D eigenvalue weighted by molar-refractivity contribution is 5.92. The Labute approximate surface area is 220 Å². The van der Waals surface area contributed by atoms with E-state index in [9.17, 15) is 9.59 Å². The SMILES string of the molecule is CCOc1cc(/C=N\NC(=O)[C@H](C)Oc2ccc3ccccc3c2)ccc1OC(=O)c1ccc(OC)cc1. The van der Waals surface area contributed by atoms with Gasteiger partial charge in [-0.05, 0) is 84.8 Å². The molecule has 1 amide bonds. The van der Waals surface area contributed by atoms with Crippen molar-refractivity contribution in [2.24, 2.45) is 5.10 Å². The number of carbonyl (C=O) groups is 2. The van der Waals surface area contributed by atoms with Crippen molar-refractivity contribution in [2.75, 3.05) is 13.7 Å². The summed E-state index contributed by atoms with van der Waals surface area (Å²) < 4.78 is 22.1. The predicted octanol–water partition coefficient (Wildman–Crippen LogP) is 5.38. The predicted molar refractivity (Wildman–Crippen MR) is 145 cm³/mol. The van der Waals surface area contributed by atoms with Crippen molar-refractivity contribution in [1.29, 1.82) is 0 Å². The van der Waals surface area contributed by atoms with Crippen molar-refractivity contribution >= 4 is 28.9 Å². The molecule has 0 saturated carbocycles. The van der Waals surface area contributed by atoms with Gasteiger partial charge in [-0.2, -0.15) is 5.10 Å². The molecule has 4 aromatic carbocycles. The topological polar surface area (TPSA) is 95.5 Å². The standard InChI is InChI=1S/C30H28N2O6/c1-4-36-28-17-21(9-16-27(28)38-30(34)23-11-13-25(35-3)14-12-23)19-31-32-29(33)20(2)37-26-15-10-22-7-5-6-8-24(22)18-26/h5-20H,4H2,1-3H3,(H,32,33)/b31-19-/t20-/m0/s1. The molecule has 0 aromatic heterocycles. The maximum absolute atomic E-state index is 12.6. The Hall–Kier alpha value is -4.85. The Bertz CT molecular complexity index is 1450. The minimum Gasteiger partial charge on any atom is -0.497 e. The van der Waals surface area contributed by atoms with E-state index in [-0.39, 0.29) is 5.75 Å². The molecule has 4 rings (SSSR count). The monoisotopic (exact) mass is 512 g/mol. The van der Waals surface area contributed by atoms with E-state index in [0.717, 1.165) is 10.8 Å². The first-order chi connectivity index (χ1) is 18.5. The number of nitrogens with zero attached hydrogens (tertiary/aromatic N) is 1. The zero-order valence-electron chi connectivity index (χ0n) is 21.3. The maximum atomic E-state index is 12.6. The van der Waals surface area contributed by atoms with Crippen LogP contribution in [0.2, 0.25) is 0 Å². The quantitative estimate of drug-likeness (QED) is 0.133. The molecule has 0 unspecified atom stereocenters. The molecule has 1 atom stereocenters. The molecule has 4 aromatic rings. The summed E-state index contributed by atoms with van der Waals surface area (Å²) in [7, 11) is 1.55. The maximum Gasteiger partial charge on any atom is 0.343 e. The smallest absolute Gasteiger partial charge is 0.343 e. The number of nitrogens with one attached hydrogen (secondary N) is 1. The first-order valence-corrected chi connectivity index (χ1v) is 12.1. The molecule has 194 valence electrons. The van der Waals surface area contributed by atoms with Crippen molar-refractivity contribution in [3.8, 4) is 23.0 Å². The Morgan fingerprint density at radius 1 is 0.895 bits per heavy atom. The minimum absolute atomic E-state index is 0.270. The van der Waals surface area contributed by atoms with Gasteiger partial charge in [0, 0.05) is 0 Å². The zero-order chi connectivity index (χ0) is 26.9. The van der Waals surface area contributed by atoms with Gasteiger partial charge >= 0.3 is 5.97 Å². The Kier molecular flexibility index (Phi) is 8.56. The summed E-state index contributed by atoms with van der Waals surface area (Å²) in [5, 5.41) is 6.15. The van der Waals surface area contributed by atoms with Crippen LogP contribution in [0.5, 0.6) is 23.0 Å². The zero-order valence-corrected chi connectivity index (χ0v) is 21.3. The van der Waals surface area contributed by atoms with Gasteiger partial charge in [0.2, 0.25) is 0 Å². The first kappa shape index (κ1) is 26.2. The van der Waals surface area contributed by atoms with E-state index >= 15 is 0 Å². The highest BCUT2D eigenvalue weighted by Crippen LogP contribution is 2.29. The third kappa shape index (κ3) is 6.67. The molecule has 8 heteroatoms. The van der Waals surface area contributed by atoms with E-state index in [1.165, 1.54) is 6.21 Å². The van der Waals surface area contributed by atoms with Crippen LogP contribution in [0.4, 0.5) is 0 Å². The van der Waals surface area contributed by atoms with Gasteiger partial charge in [-0.1, -0.05) is 30.3 Å². The molecule has 0 aliphatic carbocycles. The number of esters is 1. The van der Waals surface area contributed by atoms with Crippen LogP contribution in [0.25, 0.3) is 10.8 Å². The number of ether oxygens (including phenoxy) is 4. The van der Waals surface area contributed by atoms with E-state index < -0.39 is 18.0 Å². The van der Waals surface area contributed by atoms with E-state index in [2.05, 4.69) is 10.5 Å². The number of methoxy groups -OCH3 is 1. The van der Waals surface area contributed by atoms with Gasteiger partial charge in [0.1, 0.15) is 11.5 Å². The van der Waals surface area contributed by atoms with Crippen LogP contribution >= 0.6 is 0 Å². The van der Waals surface area contributed by atoms with E-state index in [1.54, 1.807) is 56.5 Å². The van der Waals surface area contributed by atoms with Gasteiger partial charge in [0.05, 0.1) is 25.5 Å². The summed E-state index contributed by atoms with van der Waals surface area (Å²) in [5.74, 6) is 0.953. The largest absolute Gasteiger partial charge is 0.497 e. The van der Waals surface area contributed by atoms with Crippen molar-refractivity contribution < 1.29 is 28.5 Å². The Balaban J connectivity index is 1.37. The number of carbonyl (C=O) groups excluding carboxylic acids is 2. The van der Waals surface area contributed by atoms with E-state index in [1.807, 2.05) is 49.4 Å². The lowest BCUT2D eigenvalue weighted by Crippen LogP contribution is -2.33. The van der Waals surface area contributed by atoms with Crippen LogP contribution in [-0.4, -0.2) is 37.9 Å². The fourth-order valence-corrected chi connectivity index (χ4v) is 3.60. The minimum atomic E-state index is -0.757. The van der Waals surface area contributed by atoms with Gasteiger partial charge in [0.15, 0.2) is 17.6 Å². The number of fused-ring (bicyclic) bond motifs is 1. The van der Waals surface area contributed by atoms with Crippen LogP contribution in [-0.2, 0) is 4.79 Å². The fourth-order valence-electron chi connectivity index (χ4n) is 3.60. The molecule has 8 nitrogen and oxygen atoms in total. The molecule has 0 aliphatic rings. The normalized spacial score (nSPS) is 11.7. The van der Waals surface area contributed by atoms with Gasteiger partial charge in [-0.15, -0.1) is 0 Å². The lowest BCUT2D eigenvalue weighted by Gasteiger charge is -2.13. The summed E-state index contributed by atoms with van der Waals surface area (Å²) in [5.41, 5.74) is 3.50. The number of amides is 1. The Morgan fingerprint density at radius 2 is 1.63 bits per heavy atom. The summed E-state index contributed by atoms with van der Waals surface area (Å²) in [4.78, 5) is 25.0. The first-order valence-electron chi connectivity index (χ1n) is 12.1. The molecule has 38 heavy (non-hydrogen) atoms. The second kappa shape index (κ2) is 12.4. The molecular weight excluding hydrogens is 484 g/mol. The summed E-state index contributed by atoms with van der Waals surface area (Å²) in [6.45, 7) is 3.85. The summed E-state index contributed by atoms with van der Waals surface area (Å²) in [6, 6.07) is 25.2. The van der Waals surface area contributed by atoms with Crippen LogP contribution in [0.1, 0.15) is 29.8 Å². The van der Waals surface area contributed by atoms with Crippen LogP contribution in [0.15, 0.2) is 90.0 Å². The fraction of sp³-hybridized carbons (Fsp3) is 0.167. The summed E-state index contributed by atoms with van der Waals surface area (Å²) >= 11 is 0. The average molecular weight is 513 g/mol. The molecule has 1 N–H and O–H groups in total.